The third kappa shape index (κ3) is 4.41. The van der Waals surface area contributed by atoms with Gasteiger partial charge in [-0.15, -0.1) is 0 Å². The lowest BCUT2D eigenvalue weighted by Crippen LogP contribution is -2.14. The number of halogens is 1. The summed E-state index contributed by atoms with van der Waals surface area (Å²) >= 11 is 6.39. The molecule has 0 radical (unpaired) electrons. The standard InChI is InChI=1S/C22H20ClN3O/c23-20-10-17(6-9-22(20)27-14-16-4-2-1-3-5-16)12-25-19-8-7-18-13-24-15-26-21(18)11-19/h1-11,15,25H,12-14H2,(H,24,26). The molecule has 0 fully saturated rings. The Morgan fingerprint density at radius 1 is 1.00 bits per heavy atom. The SMILES string of the molecule is Clc1cc(CNc2ccc3c(c2)N=CNC3)ccc1OCc1ccccc1. The second-order valence-corrected chi connectivity index (χ2v) is 6.78. The van der Waals surface area contributed by atoms with Gasteiger partial charge in [-0.2, -0.15) is 0 Å². The molecule has 3 aromatic rings. The molecule has 4 rings (SSSR count). The van der Waals surface area contributed by atoms with E-state index in [1.165, 1.54) is 5.56 Å². The van der Waals surface area contributed by atoms with Gasteiger partial charge in [0, 0.05) is 18.8 Å². The molecule has 2 N–H and O–H groups in total. The van der Waals surface area contributed by atoms with Crippen molar-refractivity contribution in [2.24, 2.45) is 4.99 Å². The highest BCUT2D eigenvalue weighted by Gasteiger charge is 2.07. The van der Waals surface area contributed by atoms with Crippen LogP contribution in [-0.4, -0.2) is 6.34 Å². The number of rotatable bonds is 6. The Morgan fingerprint density at radius 2 is 1.89 bits per heavy atom. The predicted molar refractivity (Wildman–Crippen MR) is 111 cm³/mol. The summed E-state index contributed by atoms with van der Waals surface area (Å²) in [5, 5.41) is 7.15. The van der Waals surface area contributed by atoms with Crippen molar-refractivity contribution in [1.29, 1.82) is 0 Å². The number of hydrogen-bond donors (Lipinski definition) is 2. The minimum absolute atomic E-state index is 0.503. The zero-order chi connectivity index (χ0) is 18.5. The van der Waals surface area contributed by atoms with Crippen molar-refractivity contribution in [2.75, 3.05) is 5.32 Å². The normalized spacial score (nSPS) is 12.2. The molecular weight excluding hydrogens is 358 g/mol. The lowest BCUT2D eigenvalue weighted by molar-refractivity contribution is 0.306. The summed E-state index contributed by atoms with van der Waals surface area (Å²) < 4.78 is 5.83. The van der Waals surface area contributed by atoms with E-state index in [1.807, 2.05) is 48.5 Å². The van der Waals surface area contributed by atoms with E-state index in [2.05, 4.69) is 33.8 Å². The van der Waals surface area contributed by atoms with Crippen LogP contribution >= 0.6 is 11.6 Å². The summed E-state index contributed by atoms with van der Waals surface area (Å²) in [6.07, 6.45) is 1.74. The molecule has 0 saturated heterocycles. The van der Waals surface area contributed by atoms with E-state index in [0.717, 1.165) is 29.0 Å². The summed E-state index contributed by atoms with van der Waals surface area (Å²) in [5.74, 6) is 0.694. The average Bonchev–Trinajstić information content (AvgIpc) is 2.72. The first-order valence-electron chi connectivity index (χ1n) is 8.86. The van der Waals surface area contributed by atoms with E-state index in [9.17, 15) is 0 Å². The first-order chi connectivity index (χ1) is 13.3. The maximum Gasteiger partial charge on any atom is 0.138 e. The summed E-state index contributed by atoms with van der Waals surface area (Å²) in [6.45, 7) is 2.00. The Kier molecular flexibility index (Phi) is 5.26. The fraction of sp³-hybridized carbons (Fsp3) is 0.136. The van der Waals surface area contributed by atoms with Gasteiger partial charge < -0.3 is 15.4 Å². The highest BCUT2D eigenvalue weighted by Crippen LogP contribution is 2.28. The van der Waals surface area contributed by atoms with Crippen molar-refractivity contribution >= 4 is 29.3 Å². The number of aliphatic imine (C=N–C) groups is 1. The zero-order valence-corrected chi connectivity index (χ0v) is 15.5. The van der Waals surface area contributed by atoms with Crippen molar-refractivity contribution < 1.29 is 4.74 Å². The van der Waals surface area contributed by atoms with Crippen LogP contribution in [0.5, 0.6) is 5.75 Å². The molecule has 0 aromatic heterocycles. The van der Waals surface area contributed by atoms with Gasteiger partial charge in [0.15, 0.2) is 0 Å². The first kappa shape index (κ1) is 17.4. The van der Waals surface area contributed by atoms with Crippen LogP contribution in [0.3, 0.4) is 0 Å². The Morgan fingerprint density at radius 3 is 2.74 bits per heavy atom. The molecular formula is C22H20ClN3O. The minimum atomic E-state index is 0.503. The van der Waals surface area contributed by atoms with Crippen molar-refractivity contribution in [3.8, 4) is 5.75 Å². The van der Waals surface area contributed by atoms with Gasteiger partial charge in [-0.1, -0.05) is 54.1 Å². The maximum absolute atomic E-state index is 6.39. The van der Waals surface area contributed by atoms with Crippen molar-refractivity contribution in [1.82, 2.24) is 5.32 Å². The molecule has 0 aliphatic carbocycles. The molecule has 0 saturated carbocycles. The fourth-order valence-electron chi connectivity index (χ4n) is 2.93. The number of nitrogens with zero attached hydrogens (tertiary/aromatic N) is 1. The van der Waals surface area contributed by atoms with Gasteiger partial charge in [0.25, 0.3) is 0 Å². The van der Waals surface area contributed by atoms with Gasteiger partial charge in [-0.3, -0.25) is 0 Å². The molecule has 1 aliphatic rings. The molecule has 0 amide bonds. The maximum atomic E-state index is 6.39. The van der Waals surface area contributed by atoms with Crippen LogP contribution in [0, 0.1) is 0 Å². The van der Waals surface area contributed by atoms with Crippen molar-refractivity contribution in [2.45, 2.75) is 19.7 Å². The third-order valence-corrected chi connectivity index (χ3v) is 4.70. The predicted octanol–water partition coefficient (Wildman–Crippen LogP) is 5.29. The number of hydrogen-bond acceptors (Lipinski definition) is 4. The van der Waals surface area contributed by atoms with Crippen LogP contribution in [0.2, 0.25) is 5.02 Å². The summed E-state index contributed by atoms with van der Waals surface area (Å²) in [6, 6.07) is 22.2. The highest BCUT2D eigenvalue weighted by molar-refractivity contribution is 6.32. The van der Waals surface area contributed by atoms with Crippen LogP contribution < -0.4 is 15.4 Å². The Hall–Kier alpha value is -2.98. The minimum Gasteiger partial charge on any atom is -0.487 e. The first-order valence-corrected chi connectivity index (χ1v) is 9.23. The Bertz CT molecular complexity index is 957. The van der Waals surface area contributed by atoms with E-state index in [1.54, 1.807) is 6.34 Å². The molecule has 27 heavy (non-hydrogen) atoms. The number of nitrogens with one attached hydrogen (secondary N) is 2. The molecule has 3 aromatic carbocycles. The average molecular weight is 378 g/mol. The number of fused-ring (bicyclic) bond motifs is 1. The smallest absolute Gasteiger partial charge is 0.138 e. The van der Waals surface area contributed by atoms with E-state index in [4.69, 9.17) is 16.3 Å². The molecule has 4 nitrogen and oxygen atoms in total. The van der Waals surface area contributed by atoms with Crippen LogP contribution in [0.15, 0.2) is 71.7 Å². The summed E-state index contributed by atoms with van der Waals surface area (Å²) in [5.41, 5.74) is 5.44. The second kappa shape index (κ2) is 8.14. The summed E-state index contributed by atoms with van der Waals surface area (Å²) in [4.78, 5) is 4.37. The van der Waals surface area contributed by atoms with Crippen LogP contribution in [0.1, 0.15) is 16.7 Å². The Labute approximate surface area is 163 Å². The zero-order valence-electron chi connectivity index (χ0n) is 14.8. The number of anilines is 1. The molecule has 1 heterocycles. The van der Waals surface area contributed by atoms with E-state index < -0.39 is 0 Å². The van der Waals surface area contributed by atoms with Crippen molar-refractivity contribution in [3.05, 3.63) is 88.4 Å². The second-order valence-electron chi connectivity index (χ2n) is 6.38. The van der Waals surface area contributed by atoms with Crippen LogP contribution in [0.4, 0.5) is 11.4 Å². The highest BCUT2D eigenvalue weighted by atomic mass is 35.5. The molecule has 0 spiro atoms. The monoisotopic (exact) mass is 377 g/mol. The lowest BCUT2D eigenvalue weighted by Gasteiger charge is -2.14. The summed E-state index contributed by atoms with van der Waals surface area (Å²) in [7, 11) is 0. The van der Waals surface area contributed by atoms with Gasteiger partial charge in [0.1, 0.15) is 12.4 Å². The quantitative estimate of drug-likeness (QED) is 0.613. The molecule has 0 atom stereocenters. The number of benzene rings is 3. The molecule has 5 heteroatoms. The van der Waals surface area contributed by atoms with Gasteiger partial charge in [0.05, 0.1) is 17.0 Å². The van der Waals surface area contributed by atoms with E-state index in [0.29, 0.717) is 23.9 Å². The third-order valence-electron chi connectivity index (χ3n) is 4.40. The fourth-order valence-corrected chi connectivity index (χ4v) is 3.18. The number of ether oxygens (including phenoxy) is 1. The van der Waals surface area contributed by atoms with Gasteiger partial charge >= 0.3 is 0 Å². The van der Waals surface area contributed by atoms with E-state index in [-0.39, 0.29) is 0 Å². The van der Waals surface area contributed by atoms with Crippen molar-refractivity contribution in [3.63, 3.8) is 0 Å². The molecule has 0 unspecified atom stereocenters. The molecule has 1 aliphatic heterocycles. The topological polar surface area (TPSA) is 45.7 Å². The lowest BCUT2D eigenvalue weighted by atomic mass is 10.1. The van der Waals surface area contributed by atoms with Crippen LogP contribution in [-0.2, 0) is 19.7 Å². The van der Waals surface area contributed by atoms with E-state index >= 15 is 0 Å². The molecule has 136 valence electrons. The van der Waals surface area contributed by atoms with Crippen LogP contribution in [0.25, 0.3) is 0 Å². The largest absolute Gasteiger partial charge is 0.487 e. The van der Waals surface area contributed by atoms with Gasteiger partial charge in [-0.25, -0.2) is 4.99 Å². The molecule has 0 bridgehead atoms. The van der Waals surface area contributed by atoms with Gasteiger partial charge in [-0.05, 0) is 41.0 Å². The van der Waals surface area contributed by atoms with Gasteiger partial charge in [0.2, 0.25) is 0 Å². The Balaban J connectivity index is 1.37.